The fourth-order valence-corrected chi connectivity index (χ4v) is 8.63. The van der Waals surface area contributed by atoms with Crippen LogP contribution in [0, 0.1) is 0 Å². The van der Waals surface area contributed by atoms with Crippen molar-refractivity contribution in [2.45, 2.75) is 52.6 Å². The molecule has 0 aromatic heterocycles. The van der Waals surface area contributed by atoms with Gasteiger partial charge in [0.15, 0.2) is 0 Å². The Morgan fingerprint density at radius 3 is 1.71 bits per heavy atom. The molecule has 0 fully saturated rings. The number of rotatable bonds is 2. The third-order valence-electron chi connectivity index (χ3n) is 2.87. The highest BCUT2D eigenvalue weighted by atomic mass is 28.3. The molecule has 0 radical (unpaired) electrons. The van der Waals surface area contributed by atoms with Crippen molar-refractivity contribution < 1.29 is 0 Å². The molecule has 0 amide bonds. The topological polar surface area (TPSA) is 0 Å². The zero-order chi connectivity index (χ0) is 11.1. The van der Waals surface area contributed by atoms with Gasteiger partial charge in [-0.2, -0.15) is 0 Å². The average Bonchev–Trinajstić information content (AvgIpc) is 2.27. The van der Waals surface area contributed by atoms with E-state index in [4.69, 9.17) is 0 Å². The predicted molar refractivity (Wildman–Crippen MR) is 72.1 cm³/mol. The van der Waals surface area contributed by atoms with Crippen molar-refractivity contribution in [2.24, 2.45) is 0 Å². The SMILES string of the molecule is CC1=C([Si](C)(C)C)C([Si](C)(C)C)=CC1. The number of hydrogen-bond donors (Lipinski definition) is 0. The minimum atomic E-state index is -1.11. The molecule has 80 valence electrons. The van der Waals surface area contributed by atoms with Gasteiger partial charge in [-0.1, -0.05) is 61.3 Å². The molecule has 1 aliphatic rings. The van der Waals surface area contributed by atoms with Crippen LogP contribution in [0.2, 0.25) is 39.3 Å². The van der Waals surface area contributed by atoms with E-state index in [-0.39, 0.29) is 0 Å². The van der Waals surface area contributed by atoms with E-state index in [2.05, 4.69) is 52.3 Å². The summed E-state index contributed by atoms with van der Waals surface area (Å²) >= 11 is 0. The molecule has 0 N–H and O–H groups in total. The Hall–Kier alpha value is -0.0862. The van der Waals surface area contributed by atoms with Crippen LogP contribution in [0.25, 0.3) is 0 Å². The first-order chi connectivity index (χ1) is 6.14. The summed E-state index contributed by atoms with van der Waals surface area (Å²) in [5, 5.41) is 3.55. The molecule has 0 saturated carbocycles. The van der Waals surface area contributed by atoms with Gasteiger partial charge in [-0.3, -0.25) is 0 Å². The summed E-state index contributed by atoms with van der Waals surface area (Å²) in [6.45, 7) is 17.2. The Morgan fingerprint density at radius 1 is 0.929 bits per heavy atom. The average molecular weight is 224 g/mol. The lowest BCUT2D eigenvalue weighted by atomic mass is 10.3. The number of allylic oxidation sites excluding steroid dienone is 4. The van der Waals surface area contributed by atoms with Crippen LogP contribution in [0.4, 0.5) is 0 Å². The van der Waals surface area contributed by atoms with Crippen LogP contribution in [0.1, 0.15) is 13.3 Å². The summed E-state index contributed by atoms with van der Waals surface area (Å²) < 4.78 is 0. The maximum absolute atomic E-state index is 2.51. The van der Waals surface area contributed by atoms with E-state index in [1.807, 2.05) is 0 Å². The summed E-state index contributed by atoms with van der Waals surface area (Å²) in [6, 6.07) is 0. The lowest BCUT2D eigenvalue weighted by molar-refractivity contribution is 1.24. The first-order valence-electron chi connectivity index (χ1n) is 5.55. The van der Waals surface area contributed by atoms with Crippen LogP contribution < -0.4 is 0 Å². The van der Waals surface area contributed by atoms with Crippen molar-refractivity contribution >= 4 is 16.1 Å². The molecule has 0 nitrogen and oxygen atoms in total. The lowest BCUT2D eigenvalue weighted by Crippen LogP contribution is -2.34. The van der Waals surface area contributed by atoms with Gasteiger partial charge < -0.3 is 0 Å². The fourth-order valence-electron chi connectivity index (χ4n) is 2.41. The maximum Gasteiger partial charge on any atom is 0.0773 e. The molecule has 1 rings (SSSR count). The lowest BCUT2D eigenvalue weighted by Gasteiger charge is -2.29. The Morgan fingerprint density at radius 2 is 1.43 bits per heavy atom. The molecule has 0 saturated heterocycles. The normalized spacial score (nSPS) is 18.9. The van der Waals surface area contributed by atoms with E-state index in [0.717, 1.165) is 0 Å². The molecule has 14 heavy (non-hydrogen) atoms. The van der Waals surface area contributed by atoms with Crippen molar-refractivity contribution in [1.82, 2.24) is 0 Å². The largest absolute Gasteiger partial charge is 0.0813 e. The highest BCUT2D eigenvalue weighted by molar-refractivity contribution is 6.92. The van der Waals surface area contributed by atoms with Crippen LogP contribution >= 0.6 is 0 Å². The molecule has 0 atom stereocenters. The second-order valence-corrected chi connectivity index (χ2v) is 16.5. The highest BCUT2D eigenvalue weighted by Crippen LogP contribution is 2.37. The van der Waals surface area contributed by atoms with Gasteiger partial charge in [0.05, 0.1) is 16.1 Å². The van der Waals surface area contributed by atoms with Gasteiger partial charge in [-0.25, -0.2) is 0 Å². The Kier molecular flexibility index (Phi) is 2.99. The van der Waals surface area contributed by atoms with Gasteiger partial charge in [0.1, 0.15) is 0 Å². The van der Waals surface area contributed by atoms with Crippen LogP contribution in [0.15, 0.2) is 22.0 Å². The molecular formula is C12H24Si2. The van der Waals surface area contributed by atoms with E-state index in [9.17, 15) is 0 Å². The van der Waals surface area contributed by atoms with Crippen molar-refractivity contribution in [3.63, 3.8) is 0 Å². The molecule has 0 spiro atoms. The fraction of sp³-hybridized carbons (Fsp3) is 0.667. The highest BCUT2D eigenvalue weighted by Gasteiger charge is 2.33. The summed E-state index contributed by atoms with van der Waals surface area (Å²) in [6.07, 6.45) is 3.73. The summed E-state index contributed by atoms with van der Waals surface area (Å²) in [7, 11) is -2.21. The molecule has 2 heteroatoms. The van der Waals surface area contributed by atoms with E-state index in [1.54, 1.807) is 16.0 Å². The third-order valence-corrected chi connectivity index (χ3v) is 7.38. The summed E-state index contributed by atoms with van der Waals surface area (Å²) in [5.74, 6) is 0. The minimum Gasteiger partial charge on any atom is -0.0813 e. The van der Waals surface area contributed by atoms with Crippen LogP contribution in [0.3, 0.4) is 0 Å². The second-order valence-electron chi connectivity index (χ2n) is 6.48. The van der Waals surface area contributed by atoms with Crippen molar-refractivity contribution in [3.05, 3.63) is 22.0 Å². The van der Waals surface area contributed by atoms with E-state index in [0.29, 0.717) is 0 Å². The Labute approximate surface area is 91.1 Å². The van der Waals surface area contributed by atoms with Gasteiger partial charge in [-0.15, -0.1) is 0 Å². The van der Waals surface area contributed by atoms with Gasteiger partial charge in [-0.05, 0) is 13.3 Å². The zero-order valence-electron chi connectivity index (χ0n) is 10.8. The van der Waals surface area contributed by atoms with Gasteiger partial charge in [0.2, 0.25) is 0 Å². The van der Waals surface area contributed by atoms with Gasteiger partial charge in [0, 0.05) is 0 Å². The first-order valence-corrected chi connectivity index (χ1v) is 12.6. The standard InChI is InChI=1S/C12H24Si2/c1-10-8-9-11(13(2,3)4)12(10)14(5,6)7/h9H,8H2,1-7H3. The summed E-state index contributed by atoms with van der Waals surface area (Å²) in [4.78, 5) is 0. The van der Waals surface area contributed by atoms with Crippen molar-refractivity contribution in [1.29, 1.82) is 0 Å². The van der Waals surface area contributed by atoms with Crippen molar-refractivity contribution in [2.75, 3.05) is 0 Å². The van der Waals surface area contributed by atoms with E-state index in [1.165, 1.54) is 6.42 Å². The molecule has 0 unspecified atom stereocenters. The predicted octanol–water partition coefficient (Wildman–Crippen LogP) is 4.39. The molecule has 0 aromatic carbocycles. The van der Waals surface area contributed by atoms with Gasteiger partial charge in [0.25, 0.3) is 0 Å². The van der Waals surface area contributed by atoms with Crippen LogP contribution in [-0.2, 0) is 0 Å². The smallest absolute Gasteiger partial charge is 0.0773 e. The van der Waals surface area contributed by atoms with Gasteiger partial charge >= 0.3 is 0 Å². The molecule has 1 aliphatic carbocycles. The molecular weight excluding hydrogens is 200 g/mol. The van der Waals surface area contributed by atoms with E-state index < -0.39 is 16.1 Å². The first kappa shape index (κ1) is 12.0. The monoisotopic (exact) mass is 224 g/mol. The van der Waals surface area contributed by atoms with Crippen molar-refractivity contribution in [3.8, 4) is 0 Å². The second kappa shape index (κ2) is 3.49. The van der Waals surface area contributed by atoms with E-state index >= 15 is 0 Å². The molecule has 0 heterocycles. The zero-order valence-corrected chi connectivity index (χ0v) is 12.8. The molecule has 0 aromatic rings. The summed E-state index contributed by atoms with van der Waals surface area (Å²) in [5.41, 5.74) is 1.65. The van der Waals surface area contributed by atoms with Crippen LogP contribution in [-0.4, -0.2) is 16.1 Å². The minimum absolute atomic E-state index is 1.10. The molecule has 0 bridgehead atoms. The third kappa shape index (κ3) is 2.29. The Balaban J connectivity index is 3.15. The number of hydrogen-bond acceptors (Lipinski definition) is 0. The maximum atomic E-state index is 2.51. The quantitative estimate of drug-likeness (QED) is 0.610. The Bertz CT molecular complexity index is 295. The van der Waals surface area contributed by atoms with Crippen LogP contribution in [0.5, 0.6) is 0 Å². The molecule has 0 aliphatic heterocycles.